The van der Waals surface area contributed by atoms with Crippen molar-refractivity contribution >= 4 is 0 Å². The number of hydrogen-bond acceptors (Lipinski definition) is 3. The largest absolute Gasteiger partial charge is 0.390 e. The Hall–Kier alpha value is -1.16. The summed E-state index contributed by atoms with van der Waals surface area (Å²) in [6, 6.07) is 0. The molecule has 0 amide bonds. The highest BCUT2D eigenvalue weighted by Crippen LogP contribution is 2.60. The van der Waals surface area contributed by atoms with Gasteiger partial charge < -0.3 is 15.3 Å². The number of allylic oxidation sites excluding steroid dienone is 3. The van der Waals surface area contributed by atoms with E-state index in [1.807, 2.05) is 13.8 Å². The minimum absolute atomic E-state index is 0.355. The van der Waals surface area contributed by atoms with Gasteiger partial charge in [0.25, 0.3) is 0 Å². The molecule has 3 heteroatoms. The van der Waals surface area contributed by atoms with E-state index >= 15 is 0 Å². The summed E-state index contributed by atoms with van der Waals surface area (Å²) in [7, 11) is 0. The first-order valence-electron chi connectivity index (χ1n) is 12.3. The van der Waals surface area contributed by atoms with Crippen LogP contribution in [-0.4, -0.2) is 33.1 Å². The number of aliphatic hydroxyl groups is 3. The quantitative estimate of drug-likeness (QED) is 0.464. The summed E-state index contributed by atoms with van der Waals surface area (Å²) < 4.78 is 0. The molecule has 0 radical (unpaired) electrons. The van der Waals surface area contributed by atoms with Crippen LogP contribution in [0.1, 0.15) is 85.5 Å². The van der Waals surface area contributed by atoms with Crippen LogP contribution in [0.2, 0.25) is 0 Å². The Morgan fingerprint density at radius 2 is 1.90 bits per heavy atom. The van der Waals surface area contributed by atoms with E-state index in [4.69, 9.17) is 0 Å². The standard InChI is InChI=1S/C28H44O3/c1-18(9-7-15-27(4,5)31)23-13-14-24-21(10-8-16-28(23,24)6)11-12-22-17-25(29)20(3)26(30)19(22)2/h11-12,18,23-26,29-31H,2-3,7-10,13-17H2,1,4-6H3/b21-11+,22-12+/t18?,23-,24+,25-,26-,28-/m1/s1. The smallest absolute Gasteiger partial charge is 0.102 e. The lowest BCUT2D eigenvalue weighted by Crippen LogP contribution is -2.36. The average Bonchev–Trinajstić information content (AvgIpc) is 3.04. The molecule has 0 aromatic rings. The fourth-order valence-electron chi connectivity index (χ4n) is 6.71. The first-order chi connectivity index (χ1) is 14.4. The summed E-state index contributed by atoms with van der Waals surface area (Å²) in [5, 5.41) is 30.5. The monoisotopic (exact) mass is 428 g/mol. The maximum Gasteiger partial charge on any atom is 0.102 e. The molecule has 174 valence electrons. The summed E-state index contributed by atoms with van der Waals surface area (Å²) in [6.45, 7) is 16.6. The van der Waals surface area contributed by atoms with Gasteiger partial charge in [0.15, 0.2) is 0 Å². The van der Waals surface area contributed by atoms with Crippen molar-refractivity contribution in [1.29, 1.82) is 0 Å². The summed E-state index contributed by atoms with van der Waals surface area (Å²) in [6.07, 6.45) is 12.7. The molecule has 0 saturated heterocycles. The van der Waals surface area contributed by atoms with Crippen molar-refractivity contribution < 1.29 is 15.3 Å². The Bertz CT molecular complexity index is 753. The predicted molar refractivity (Wildman–Crippen MR) is 129 cm³/mol. The van der Waals surface area contributed by atoms with E-state index in [9.17, 15) is 15.3 Å². The first kappa shape index (κ1) is 24.5. The number of hydrogen-bond donors (Lipinski definition) is 3. The van der Waals surface area contributed by atoms with Gasteiger partial charge in [-0.15, -0.1) is 0 Å². The molecule has 31 heavy (non-hydrogen) atoms. The van der Waals surface area contributed by atoms with Gasteiger partial charge in [-0.1, -0.05) is 57.6 Å². The highest BCUT2D eigenvalue weighted by Gasteiger charge is 2.50. The molecule has 3 nitrogen and oxygen atoms in total. The second-order valence-corrected chi connectivity index (χ2v) is 11.4. The van der Waals surface area contributed by atoms with Gasteiger partial charge in [0.1, 0.15) is 6.10 Å². The van der Waals surface area contributed by atoms with Gasteiger partial charge in [-0.2, -0.15) is 0 Å². The Kier molecular flexibility index (Phi) is 7.40. The van der Waals surface area contributed by atoms with Crippen LogP contribution in [0.4, 0.5) is 0 Å². The molecule has 3 aliphatic rings. The van der Waals surface area contributed by atoms with Gasteiger partial charge in [0, 0.05) is 6.42 Å². The Labute approximate surface area is 189 Å². The summed E-state index contributed by atoms with van der Waals surface area (Å²) in [4.78, 5) is 0. The van der Waals surface area contributed by atoms with Crippen molar-refractivity contribution in [3.05, 3.63) is 47.6 Å². The van der Waals surface area contributed by atoms with Gasteiger partial charge in [-0.05, 0) is 92.3 Å². The Morgan fingerprint density at radius 1 is 1.19 bits per heavy atom. The zero-order chi connectivity index (χ0) is 23.0. The molecule has 6 atom stereocenters. The molecular weight excluding hydrogens is 384 g/mol. The van der Waals surface area contributed by atoms with Crippen LogP contribution in [0.25, 0.3) is 0 Å². The Balaban J connectivity index is 1.72. The van der Waals surface area contributed by atoms with Crippen LogP contribution in [0.5, 0.6) is 0 Å². The maximum absolute atomic E-state index is 10.3. The molecule has 3 N–H and O–H groups in total. The number of fused-ring (bicyclic) bond motifs is 1. The molecule has 1 unspecified atom stereocenters. The highest BCUT2D eigenvalue weighted by molar-refractivity contribution is 5.45. The molecule has 0 aromatic carbocycles. The van der Waals surface area contributed by atoms with Crippen LogP contribution in [0, 0.1) is 23.2 Å². The van der Waals surface area contributed by atoms with Gasteiger partial charge in [-0.25, -0.2) is 0 Å². The van der Waals surface area contributed by atoms with Crippen LogP contribution in [-0.2, 0) is 0 Å². The summed E-state index contributed by atoms with van der Waals surface area (Å²) in [5.41, 5.74) is 3.41. The molecule has 0 bridgehead atoms. The van der Waals surface area contributed by atoms with Gasteiger partial charge in [0.05, 0.1) is 11.7 Å². The first-order valence-corrected chi connectivity index (χ1v) is 12.3. The van der Waals surface area contributed by atoms with E-state index in [1.165, 1.54) is 37.7 Å². The van der Waals surface area contributed by atoms with Crippen molar-refractivity contribution in [2.24, 2.45) is 23.2 Å². The van der Waals surface area contributed by atoms with E-state index < -0.39 is 17.8 Å². The van der Waals surface area contributed by atoms with Crippen LogP contribution >= 0.6 is 0 Å². The molecule has 3 aliphatic carbocycles. The molecule has 3 fully saturated rings. The van der Waals surface area contributed by atoms with E-state index in [0.29, 0.717) is 34.8 Å². The van der Waals surface area contributed by atoms with E-state index in [1.54, 1.807) is 0 Å². The lowest BCUT2D eigenvalue weighted by molar-refractivity contribution is 0.0596. The van der Waals surface area contributed by atoms with Crippen LogP contribution in [0.3, 0.4) is 0 Å². The van der Waals surface area contributed by atoms with E-state index in [0.717, 1.165) is 30.8 Å². The fourth-order valence-corrected chi connectivity index (χ4v) is 6.71. The minimum Gasteiger partial charge on any atom is -0.390 e. The predicted octanol–water partition coefficient (Wildman–Crippen LogP) is 5.87. The fraction of sp³-hybridized carbons (Fsp3) is 0.714. The third-order valence-corrected chi connectivity index (χ3v) is 8.61. The van der Waals surface area contributed by atoms with Gasteiger partial charge >= 0.3 is 0 Å². The van der Waals surface area contributed by atoms with Gasteiger partial charge in [0.2, 0.25) is 0 Å². The maximum atomic E-state index is 10.3. The van der Waals surface area contributed by atoms with Crippen molar-refractivity contribution in [2.45, 2.75) is 103 Å². The third-order valence-electron chi connectivity index (χ3n) is 8.61. The molecule has 0 heterocycles. The number of rotatable bonds is 6. The van der Waals surface area contributed by atoms with E-state index in [2.05, 4.69) is 39.2 Å². The molecular formula is C28H44O3. The number of aliphatic hydroxyl groups excluding tert-OH is 2. The van der Waals surface area contributed by atoms with Gasteiger partial charge in [-0.3, -0.25) is 0 Å². The lowest BCUT2D eigenvalue weighted by Gasteiger charge is -2.44. The minimum atomic E-state index is -0.842. The highest BCUT2D eigenvalue weighted by atomic mass is 16.3. The van der Waals surface area contributed by atoms with Crippen molar-refractivity contribution in [1.82, 2.24) is 0 Å². The summed E-state index contributed by atoms with van der Waals surface area (Å²) in [5.74, 6) is 2.05. The summed E-state index contributed by atoms with van der Waals surface area (Å²) >= 11 is 0. The SMILES string of the molecule is C=C1/C(=C/C=C2\CCC[C@]3(C)[C@@H](C(C)CCCC(C)(C)O)CC[C@@H]23)C[C@@H](O)C(=C)[C@@H]1O. The topological polar surface area (TPSA) is 60.7 Å². The van der Waals surface area contributed by atoms with E-state index in [-0.39, 0.29) is 0 Å². The second-order valence-electron chi connectivity index (χ2n) is 11.4. The molecule has 3 saturated carbocycles. The molecule has 3 rings (SSSR count). The third kappa shape index (κ3) is 5.26. The van der Waals surface area contributed by atoms with Crippen molar-refractivity contribution in [2.75, 3.05) is 0 Å². The van der Waals surface area contributed by atoms with Crippen LogP contribution < -0.4 is 0 Å². The zero-order valence-corrected chi connectivity index (χ0v) is 20.2. The van der Waals surface area contributed by atoms with Crippen molar-refractivity contribution in [3.8, 4) is 0 Å². The average molecular weight is 429 g/mol. The second kappa shape index (κ2) is 9.37. The normalized spacial score (nSPS) is 38.0. The van der Waals surface area contributed by atoms with Crippen molar-refractivity contribution in [3.63, 3.8) is 0 Å². The Morgan fingerprint density at radius 3 is 2.58 bits per heavy atom. The molecule has 0 aromatic heterocycles. The van der Waals surface area contributed by atoms with Crippen LogP contribution in [0.15, 0.2) is 47.6 Å². The lowest BCUT2D eigenvalue weighted by atomic mass is 9.60. The zero-order valence-electron chi connectivity index (χ0n) is 20.2. The molecule has 0 spiro atoms. The molecule has 0 aliphatic heterocycles.